The Hall–Kier alpha value is -1.14. The summed E-state index contributed by atoms with van der Waals surface area (Å²) in [7, 11) is -2.91. The first kappa shape index (κ1) is 13.3. The summed E-state index contributed by atoms with van der Waals surface area (Å²) in [5.41, 5.74) is 7.05. The van der Waals surface area contributed by atoms with Gasteiger partial charge in [-0.3, -0.25) is 0 Å². The predicted octanol–water partition coefficient (Wildman–Crippen LogP) is 0.562. The largest absolute Gasteiger partial charge is 0.369 e. The van der Waals surface area contributed by atoms with Gasteiger partial charge in [0.05, 0.1) is 11.5 Å². The lowest BCUT2D eigenvalue weighted by Gasteiger charge is -2.29. The van der Waals surface area contributed by atoms with Crippen LogP contribution in [0.5, 0.6) is 0 Å². The normalized spacial score (nSPS) is 18.9. The van der Waals surface area contributed by atoms with Crippen molar-refractivity contribution in [3.63, 3.8) is 0 Å². The standard InChI is InChI=1S/C12H17FN2O2S/c13-11-7-10(1-2-14)8-12(9-11)15-3-5-18(16,17)6-4-15/h7-9H,1-6,14H2. The van der Waals surface area contributed by atoms with Gasteiger partial charge in [-0.05, 0) is 36.7 Å². The highest BCUT2D eigenvalue weighted by molar-refractivity contribution is 7.91. The second-order valence-electron chi connectivity index (χ2n) is 4.50. The SMILES string of the molecule is NCCc1cc(F)cc(N2CCS(=O)(=O)CC2)c1. The number of rotatable bonds is 3. The molecule has 0 spiro atoms. The third-order valence-electron chi connectivity index (χ3n) is 3.08. The van der Waals surface area contributed by atoms with Crippen molar-refractivity contribution in [2.75, 3.05) is 36.0 Å². The molecule has 0 unspecified atom stereocenters. The van der Waals surface area contributed by atoms with Crippen LogP contribution in [0.15, 0.2) is 18.2 Å². The maximum Gasteiger partial charge on any atom is 0.153 e. The van der Waals surface area contributed by atoms with Crippen LogP contribution in [-0.4, -0.2) is 39.6 Å². The minimum Gasteiger partial charge on any atom is -0.369 e. The lowest BCUT2D eigenvalue weighted by molar-refractivity contribution is 0.586. The number of hydrogen-bond acceptors (Lipinski definition) is 4. The van der Waals surface area contributed by atoms with Gasteiger partial charge in [-0.1, -0.05) is 0 Å². The Bertz CT molecular complexity index is 517. The van der Waals surface area contributed by atoms with Gasteiger partial charge in [0.15, 0.2) is 9.84 Å². The van der Waals surface area contributed by atoms with Crippen molar-refractivity contribution in [1.29, 1.82) is 0 Å². The van der Waals surface area contributed by atoms with E-state index in [2.05, 4.69) is 0 Å². The van der Waals surface area contributed by atoms with Gasteiger partial charge in [0.2, 0.25) is 0 Å². The molecule has 0 aliphatic carbocycles. The second-order valence-corrected chi connectivity index (χ2v) is 6.80. The van der Waals surface area contributed by atoms with Crippen molar-refractivity contribution in [3.8, 4) is 0 Å². The Morgan fingerprint density at radius 3 is 2.50 bits per heavy atom. The molecule has 18 heavy (non-hydrogen) atoms. The van der Waals surface area contributed by atoms with E-state index in [1.165, 1.54) is 12.1 Å². The third kappa shape index (κ3) is 3.20. The van der Waals surface area contributed by atoms with Crippen LogP contribution in [0.1, 0.15) is 5.56 Å². The molecule has 0 radical (unpaired) electrons. The van der Waals surface area contributed by atoms with Crippen LogP contribution in [0, 0.1) is 5.82 Å². The fourth-order valence-electron chi connectivity index (χ4n) is 2.10. The lowest BCUT2D eigenvalue weighted by atomic mass is 10.1. The minimum absolute atomic E-state index is 0.135. The van der Waals surface area contributed by atoms with Crippen molar-refractivity contribution in [2.24, 2.45) is 5.73 Å². The lowest BCUT2D eigenvalue weighted by Crippen LogP contribution is -2.40. The van der Waals surface area contributed by atoms with Gasteiger partial charge in [-0.15, -0.1) is 0 Å². The van der Waals surface area contributed by atoms with E-state index in [0.717, 1.165) is 11.3 Å². The molecule has 4 nitrogen and oxygen atoms in total. The smallest absolute Gasteiger partial charge is 0.153 e. The molecule has 6 heteroatoms. The fraction of sp³-hybridized carbons (Fsp3) is 0.500. The number of halogens is 1. The summed E-state index contributed by atoms with van der Waals surface area (Å²) in [5.74, 6) is -0.0322. The maximum atomic E-state index is 13.5. The number of hydrogen-bond donors (Lipinski definition) is 1. The summed E-state index contributed by atoms with van der Waals surface area (Å²) in [6.07, 6.45) is 0.622. The van der Waals surface area contributed by atoms with Gasteiger partial charge in [-0.2, -0.15) is 0 Å². The summed E-state index contributed by atoms with van der Waals surface area (Å²) in [4.78, 5) is 1.91. The van der Waals surface area contributed by atoms with Crippen molar-refractivity contribution < 1.29 is 12.8 Å². The number of anilines is 1. The van der Waals surface area contributed by atoms with Crippen LogP contribution in [0.25, 0.3) is 0 Å². The highest BCUT2D eigenvalue weighted by atomic mass is 32.2. The highest BCUT2D eigenvalue weighted by Gasteiger charge is 2.22. The van der Waals surface area contributed by atoms with Crippen LogP contribution in [-0.2, 0) is 16.3 Å². The maximum absolute atomic E-state index is 13.5. The van der Waals surface area contributed by atoms with E-state index >= 15 is 0 Å². The minimum atomic E-state index is -2.91. The molecule has 1 fully saturated rings. The highest BCUT2D eigenvalue weighted by Crippen LogP contribution is 2.21. The van der Waals surface area contributed by atoms with Gasteiger partial charge in [0.25, 0.3) is 0 Å². The quantitative estimate of drug-likeness (QED) is 0.873. The van der Waals surface area contributed by atoms with Crippen molar-refractivity contribution in [2.45, 2.75) is 6.42 Å². The molecule has 0 aromatic heterocycles. The molecule has 100 valence electrons. The molecule has 0 saturated carbocycles. The fourth-order valence-corrected chi connectivity index (χ4v) is 3.30. The Balaban J connectivity index is 2.18. The van der Waals surface area contributed by atoms with E-state index < -0.39 is 9.84 Å². The Labute approximate surface area is 107 Å². The monoisotopic (exact) mass is 272 g/mol. The average molecular weight is 272 g/mol. The van der Waals surface area contributed by atoms with Gasteiger partial charge in [-0.25, -0.2) is 12.8 Å². The van der Waals surface area contributed by atoms with Gasteiger partial charge in [0.1, 0.15) is 5.82 Å². The zero-order valence-electron chi connectivity index (χ0n) is 10.1. The molecule has 1 heterocycles. The van der Waals surface area contributed by atoms with Crippen LogP contribution >= 0.6 is 0 Å². The Morgan fingerprint density at radius 2 is 1.89 bits per heavy atom. The van der Waals surface area contributed by atoms with Gasteiger partial charge >= 0.3 is 0 Å². The van der Waals surface area contributed by atoms with Crippen LogP contribution in [0.3, 0.4) is 0 Å². The van der Waals surface area contributed by atoms with Crippen LogP contribution in [0.2, 0.25) is 0 Å². The van der Waals surface area contributed by atoms with E-state index in [1.807, 2.05) is 11.0 Å². The van der Waals surface area contributed by atoms with Crippen LogP contribution in [0.4, 0.5) is 10.1 Å². The number of sulfone groups is 1. The van der Waals surface area contributed by atoms with Gasteiger partial charge in [0, 0.05) is 18.8 Å². The van der Waals surface area contributed by atoms with E-state index in [-0.39, 0.29) is 17.3 Å². The summed E-state index contributed by atoms with van der Waals surface area (Å²) in [6.45, 7) is 1.32. The molecular formula is C12H17FN2O2S. The van der Waals surface area contributed by atoms with E-state index in [4.69, 9.17) is 5.73 Å². The molecule has 0 bridgehead atoms. The number of benzene rings is 1. The average Bonchev–Trinajstić information content (AvgIpc) is 2.28. The van der Waals surface area contributed by atoms with Crippen molar-refractivity contribution in [1.82, 2.24) is 0 Å². The molecule has 2 rings (SSSR count). The third-order valence-corrected chi connectivity index (χ3v) is 4.69. The summed E-state index contributed by atoms with van der Waals surface area (Å²) < 4.78 is 36.2. The number of nitrogens with zero attached hydrogens (tertiary/aromatic N) is 1. The van der Waals surface area contributed by atoms with E-state index in [1.54, 1.807) is 0 Å². The summed E-state index contributed by atoms with van der Waals surface area (Å²) >= 11 is 0. The molecule has 1 aromatic rings. The predicted molar refractivity (Wildman–Crippen MR) is 70.0 cm³/mol. The topological polar surface area (TPSA) is 63.4 Å². The van der Waals surface area contributed by atoms with E-state index in [9.17, 15) is 12.8 Å². The zero-order valence-corrected chi connectivity index (χ0v) is 10.9. The first-order chi connectivity index (χ1) is 8.50. The Morgan fingerprint density at radius 1 is 1.22 bits per heavy atom. The first-order valence-electron chi connectivity index (χ1n) is 5.95. The summed E-state index contributed by atoms with van der Waals surface area (Å²) in [6, 6.07) is 4.79. The van der Waals surface area contributed by atoms with Crippen molar-refractivity contribution >= 4 is 15.5 Å². The molecule has 1 aromatic carbocycles. The Kier molecular flexibility index (Phi) is 3.87. The van der Waals surface area contributed by atoms with Gasteiger partial charge < -0.3 is 10.6 Å². The first-order valence-corrected chi connectivity index (χ1v) is 7.77. The molecule has 1 saturated heterocycles. The molecule has 1 aliphatic rings. The van der Waals surface area contributed by atoms with Crippen molar-refractivity contribution in [3.05, 3.63) is 29.6 Å². The van der Waals surface area contributed by atoms with Crippen LogP contribution < -0.4 is 10.6 Å². The molecule has 2 N–H and O–H groups in total. The zero-order chi connectivity index (χ0) is 13.2. The molecular weight excluding hydrogens is 255 g/mol. The molecule has 0 amide bonds. The second kappa shape index (κ2) is 5.24. The molecule has 1 aliphatic heterocycles. The molecule has 0 atom stereocenters. The summed E-state index contributed by atoms with van der Waals surface area (Å²) in [5, 5.41) is 0. The van der Waals surface area contributed by atoms with E-state index in [0.29, 0.717) is 26.1 Å². The number of nitrogens with two attached hydrogens (primary N) is 1.